The number of primary sulfonamides is 1. The van der Waals surface area contributed by atoms with Crippen molar-refractivity contribution in [1.29, 1.82) is 0 Å². The Kier molecular flexibility index (Phi) is 4.72. The summed E-state index contributed by atoms with van der Waals surface area (Å²) in [5, 5.41) is 11.3. The minimum atomic E-state index is -3.79. The third-order valence-corrected chi connectivity index (χ3v) is 4.92. The number of aromatic nitrogens is 2. The van der Waals surface area contributed by atoms with E-state index in [1.165, 1.54) is 12.1 Å². The number of hydrogen-bond donors (Lipinski definition) is 3. The molecule has 0 saturated carbocycles. The number of ether oxygens (including phenoxy) is 2. The highest BCUT2D eigenvalue weighted by molar-refractivity contribution is 7.89. The molecule has 2 aromatic carbocycles. The van der Waals surface area contributed by atoms with Gasteiger partial charge in [-0.15, -0.1) is 0 Å². The average Bonchev–Trinajstić information content (AvgIpc) is 3.16. The molecular formula is C18H17N5O4S. The predicted octanol–water partition coefficient (Wildman–Crippen LogP) is 2.21. The topological polar surface area (TPSA) is 128 Å². The molecule has 0 spiro atoms. The molecule has 2 heterocycles. The van der Waals surface area contributed by atoms with Crippen LogP contribution in [0, 0.1) is 0 Å². The van der Waals surface area contributed by atoms with Gasteiger partial charge in [0.15, 0.2) is 11.5 Å². The second-order valence-corrected chi connectivity index (χ2v) is 7.53. The molecule has 4 rings (SSSR count). The molecule has 10 heteroatoms. The van der Waals surface area contributed by atoms with E-state index < -0.39 is 10.0 Å². The zero-order chi connectivity index (χ0) is 19.6. The molecule has 144 valence electrons. The lowest BCUT2D eigenvalue weighted by Gasteiger charge is -2.10. The zero-order valence-corrected chi connectivity index (χ0v) is 15.4. The van der Waals surface area contributed by atoms with Crippen LogP contribution < -0.4 is 25.2 Å². The summed E-state index contributed by atoms with van der Waals surface area (Å²) in [6, 6.07) is 13.5. The summed E-state index contributed by atoms with van der Waals surface area (Å²) < 4.78 is 33.8. The summed E-state index contributed by atoms with van der Waals surface area (Å²) in [6.45, 7) is 0.704. The Bertz CT molecular complexity index is 1120. The monoisotopic (exact) mass is 399 g/mol. The minimum absolute atomic E-state index is 0.00642. The fraction of sp³-hybridized carbons (Fsp3) is 0.111. The molecule has 1 aromatic heterocycles. The van der Waals surface area contributed by atoms with Gasteiger partial charge in [-0.25, -0.2) is 18.5 Å². The molecule has 3 aromatic rings. The van der Waals surface area contributed by atoms with Crippen molar-refractivity contribution in [1.82, 2.24) is 9.97 Å². The molecule has 0 radical (unpaired) electrons. The number of nitrogens with zero attached hydrogens (tertiary/aromatic N) is 2. The lowest BCUT2D eigenvalue weighted by molar-refractivity contribution is 0.173. The van der Waals surface area contributed by atoms with E-state index in [2.05, 4.69) is 20.6 Å². The highest BCUT2D eigenvalue weighted by Gasteiger charge is 2.17. The van der Waals surface area contributed by atoms with E-state index in [0.29, 0.717) is 24.0 Å². The number of benzene rings is 2. The molecule has 0 amide bonds. The van der Waals surface area contributed by atoms with Crippen molar-refractivity contribution >= 4 is 27.5 Å². The van der Waals surface area contributed by atoms with Crippen LogP contribution in [0.15, 0.2) is 59.6 Å². The number of sulfonamides is 1. The smallest absolute Gasteiger partial charge is 0.238 e. The van der Waals surface area contributed by atoms with Gasteiger partial charge in [0.1, 0.15) is 5.82 Å². The number of anilines is 3. The molecule has 4 N–H and O–H groups in total. The average molecular weight is 399 g/mol. The maximum absolute atomic E-state index is 11.5. The summed E-state index contributed by atoms with van der Waals surface area (Å²) in [4.78, 5) is 8.54. The minimum Gasteiger partial charge on any atom is -0.454 e. The van der Waals surface area contributed by atoms with Crippen molar-refractivity contribution in [2.45, 2.75) is 11.4 Å². The number of rotatable bonds is 6. The molecule has 28 heavy (non-hydrogen) atoms. The molecular weight excluding hydrogens is 382 g/mol. The van der Waals surface area contributed by atoms with E-state index in [1.54, 1.807) is 24.4 Å². The number of nitrogens with one attached hydrogen (secondary N) is 2. The zero-order valence-electron chi connectivity index (χ0n) is 14.6. The van der Waals surface area contributed by atoms with Crippen LogP contribution in [0.4, 0.5) is 17.5 Å². The fourth-order valence-corrected chi connectivity index (χ4v) is 3.27. The Morgan fingerprint density at radius 2 is 1.96 bits per heavy atom. The van der Waals surface area contributed by atoms with Crippen LogP contribution in [0.5, 0.6) is 11.5 Å². The Morgan fingerprint density at radius 1 is 1.11 bits per heavy atom. The van der Waals surface area contributed by atoms with Crippen LogP contribution in [0.3, 0.4) is 0 Å². The predicted molar refractivity (Wildman–Crippen MR) is 103 cm³/mol. The summed E-state index contributed by atoms with van der Waals surface area (Å²) in [5.74, 6) is 2.35. The summed E-state index contributed by atoms with van der Waals surface area (Å²) in [5.41, 5.74) is 1.46. The first kappa shape index (κ1) is 18.0. The van der Waals surface area contributed by atoms with E-state index in [0.717, 1.165) is 17.1 Å². The second-order valence-electron chi connectivity index (χ2n) is 5.97. The van der Waals surface area contributed by atoms with Crippen LogP contribution in [0.1, 0.15) is 5.56 Å². The molecule has 0 bridgehead atoms. The number of para-hydroxylation sites is 1. The van der Waals surface area contributed by atoms with Gasteiger partial charge in [0.05, 0.1) is 4.90 Å². The normalized spacial score (nSPS) is 12.6. The van der Waals surface area contributed by atoms with E-state index >= 15 is 0 Å². The molecule has 0 saturated heterocycles. The van der Waals surface area contributed by atoms with Crippen molar-refractivity contribution in [2.24, 2.45) is 5.14 Å². The first-order valence-electron chi connectivity index (χ1n) is 8.33. The van der Waals surface area contributed by atoms with Gasteiger partial charge in [-0.05, 0) is 30.3 Å². The van der Waals surface area contributed by atoms with Crippen LogP contribution in [0.2, 0.25) is 0 Å². The SMILES string of the molecule is NS(=O)(=O)c1cccc(Nc2nccc(NCc3cccc4c3OCO4)n2)c1. The van der Waals surface area contributed by atoms with Gasteiger partial charge < -0.3 is 20.1 Å². The van der Waals surface area contributed by atoms with E-state index in [4.69, 9.17) is 14.6 Å². The first-order chi connectivity index (χ1) is 13.5. The maximum atomic E-state index is 11.5. The first-order valence-corrected chi connectivity index (χ1v) is 9.88. The number of nitrogens with two attached hydrogens (primary N) is 1. The van der Waals surface area contributed by atoms with Crippen LogP contribution in [-0.2, 0) is 16.6 Å². The van der Waals surface area contributed by atoms with Gasteiger partial charge >= 0.3 is 0 Å². The van der Waals surface area contributed by atoms with Crippen molar-refractivity contribution in [3.8, 4) is 11.5 Å². The highest BCUT2D eigenvalue weighted by Crippen LogP contribution is 2.35. The van der Waals surface area contributed by atoms with Crippen LogP contribution in [-0.4, -0.2) is 25.2 Å². The van der Waals surface area contributed by atoms with Gasteiger partial charge in [0, 0.05) is 24.0 Å². The quantitative estimate of drug-likeness (QED) is 0.575. The Labute approximate surface area is 161 Å². The molecule has 1 aliphatic rings. The molecule has 0 unspecified atom stereocenters. The van der Waals surface area contributed by atoms with E-state index in [-0.39, 0.29) is 11.7 Å². The lowest BCUT2D eigenvalue weighted by Crippen LogP contribution is -2.12. The maximum Gasteiger partial charge on any atom is 0.238 e. The lowest BCUT2D eigenvalue weighted by atomic mass is 10.2. The van der Waals surface area contributed by atoms with Gasteiger partial charge in [-0.2, -0.15) is 4.98 Å². The highest BCUT2D eigenvalue weighted by atomic mass is 32.2. The Hall–Kier alpha value is -3.37. The molecule has 0 fully saturated rings. The van der Waals surface area contributed by atoms with Crippen molar-refractivity contribution in [2.75, 3.05) is 17.4 Å². The fourth-order valence-electron chi connectivity index (χ4n) is 2.71. The standard InChI is InChI=1S/C18H17N5O4S/c19-28(24,25)14-5-2-4-13(9-14)22-18-20-8-7-16(23-18)21-10-12-3-1-6-15-17(12)27-11-26-15/h1-9H,10-11H2,(H2,19,24,25)(H2,20,21,22,23). The Balaban J connectivity index is 1.47. The number of hydrogen-bond acceptors (Lipinski definition) is 8. The van der Waals surface area contributed by atoms with E-state index in [9.17, 15) is 8.42 Å². The van der Waals surface area contributed by atoms with Crippen molar-refractivity contribution in [3.05, 3.63) is 60.3 Å². The van der Waals surface area contributed by atoms with Gasteiger partial charge in [-0.1, -0.05) is 18.2 Å². The molecule has 0 aliphatic carbocycles. The summed E-state index contributed by atoms with van der Waals surface area (Å²) in [6.07, 6.45) is 1.59. The van der Waals surface area contributed by atoms with Gasteiger partial charge in [0.2, 0.25) is 22.8 Å². The largest absolute Gasteiger partial charge is 0.454 e. The van der Waals surface area contributed by atoms with Gasteiger partial charge in [0.25, 0.3) is 0 Å². The second kappa shape index (κ2) is 7.33. The van der Waals surface area contributed by atoms with Crippen molar-refractivity contribution in [3.63, 3.8) is 0 Å². The molecule has 9 nitrogen and oxygen atoms in total. The summed E-state index contributed by atoms with van der Waals surface area (Å²) >= 11 is 0. The van der Waals surface area contributed by atoms with Crippen LogP contribution in [0.25, 0.3) is 0 Å². The molecule has 0 atom stereocenters. The third-order valence-electron chi connectivity index (χ3n) is 4.01. The van der Waals surface area contributed by atoms with Crippen molar-refractivity contribution < 1.29 is 17.9 Å². The van der Waals surface area contributed by atoms with Gasteiger partial charge in [-0.3, -0.25) is 0 Å². The summed E-state index contributed by atoms with van der Waals surface area (Å²) in [7, 11) is -3.79. The third kappa shape index (κ3) is 3.97. The number of fused-ring (bicyclic) bond motifs is 1. The van der Waals surface area contributed by atoms with E-state index in [1.807, 2.05) is 18.2 Å². The Morgan fingerprint density at radius 3 is 2.82 bits per heavy atom. The van der Waals surface area contributed by atoms with Crippen LogP contribution >= 0.6 is 0 Å². The molecule has 1 aliphatic heterocycles.